The van der Waals surface area contributed by atoms with E-state index in [1.54, 1.807) is 0 Å². The second kappa shape index (κ2) is 3.97. The summed E-state index contributed by atoms with van der Waals surface area (Å²) in [7, 11) is 1.20. The molecule has 0 amide bonds. The predicted molar refractivity (Wildman–Crippen MR) is 51.7 cm³/mol. The molecule has 2 rings (SSSR count). The molecule has 0 radical (unpaired) electrons. The summed E-state index contributed by atoms with van der Waals surface area (Å²) in [4.78, 5) is 25.2. The van der Waals surface area contributed by atoms with Crippen molar-refractivity contribution in [2.75, 3.05) is 7.11 Å². The van der Waals surface area contributed by atoms with Crippen molar-refractivity contribution in [2.24, 2.45) is 0 Å². The molecule has 0 bridgehead atoms. The maximum absolute atomic E-state index is 11.4. The second-order valence-electron chi connectivity index (χ2n) is 2.83. The molecule has 0 spiro atoms. The number of carbonyl (C=O) groups excluding carboxylic acids is 1. The van der Waals surface area contributed by atoms with Gasteiger partial charge in [0.1, 0.15) is 5.56 Å². The molecule has 82 valence electrons. The van der Waals surface area contributed by atoms with E-state index in [0.29, 0.717) is 0 Å². The number of aromatic nitrogens is 3. The van der Waals surface area contributed by atoms with E-state index in [2.05, 4.69) is 19.9 Å². The summed E-state index contributed by atoms with van der Waals surface area (Å²) in [5, 5.41) is 7.04. The number of methoxy groups -OCH3 is 1. The van der Waals surface area contributed by atoms with Crippen LogP contribution in [0.5, 0.6) is 0 Å². The van der Waals surface area contributed by atoms with Crippen molar-refractivity contribution in [1.82, 2.24) is 15.2 Å². The van der Waals surface area contributed by atoms with E-state index in [1.807, 2.05) is 0 Å². The van der Waals surface area contributed by atoms with Crippen molar-refractivity contribution in [3.8, 4) is 11.5 Å². The molecule has 2 aromatic heterocycles. The Morgan fingerprint density at radius 1 is 1.50 bits per heavy atom. The van der Waals surface area contributed by atoms with E-state index >= 15 is 0 Å². The monoisotopic (exact) mass is 221 g/mol. The molecule has 0 unspecified atom stereocenters. The van der Waals surface area contributed by atoms with Gasteiger partial charge in [-0.25, -0.2) is 4.79 Å². The van der Waals surface area contributed by atoms with Crippen LogP contribution < -0.4 is 5.43 Å². The quantitative estimate of drug-likeness (QED) is 0.728. The van der Waals surface area contributed by atoms with Gasteiger partial charge in [-0.3, -0.25) is 4.79 Å². The Morgan fingerprint density at radius 3 is 3.00 bits per heavy atom. The number of nitrogens with zero attached hydrogens (tertiary/aromatic N) is 2. The molecular formula is C9H7N3O4. The van der Waals surface area contributed by atoms with Gasteiger partial charge < -0.3 is 14.1 Å². The summed E-state index contributed by atoms with van der Waals surface area (Å²) in [5.74, 6) is -1.06. The zero-order valence-corrected chi connectivity index (χ0v) is 8.26. The average molecular weight is 221 g/mol. The minimum absolute atomic E-state index is 0.0257. The summed E-state index contributed by atoms with van der Waals surface area (Å²) in [6, 6.07) is 1.32. The van der Waals surface area contributed by atoms with E-state index in [0.717, 1.165) is 0 Å². The van der Waals surface area contributed by atoms with Gasteiger partial charge in [-0.05, 0) is 0 Å². The summed E-state index contributed by atoms with van der Waals surface area (Å²) in [6.45, 7) is 0. The highest BCUT2D eigenvalue weighted by molar-refractivity contribution is 5.84. The molecule has 0 atom stereocenters. The summed E-state index contributed by atoms with van der Waals surface area (Å²) in [6.07, 6.45) is 2.89. The molecule has 7 nitrogen and oxygen atoms in total. The molecule has 0 aliphatic carbocycles. The number of rotatable bonds is 2. The lowest BCUT2D eigenvalue weighted by molar-refractivity contribution is 0.0556. The lowest BCUT2D eigenvalue weighted by Crippen LogP contribution is -2.02. The first-order valence-corrected chi connectivity index (χ1v) is 4.31. The Balaban J connectivity index is 2.43. The van der Waals surface area contributed by atoms with Gasteiger partial charge in [0.15, 0.2) is 5.43 Å². The molecule has 0 aliphatic rings. The van der Waals surface area contributed by atoms with Gasteiger partial charge >= 0.3 is 11.9 Å². The average Bonchev–Trinajstić information content (AvgIpc) is 2.78. The number of nitrogens with one attached hydrogen (secondary N) is 1. The van der Waals surface area contributed by atoms with Crippen molar-refractivity contribution < 1.29 is 13.9 Å². The van der Waals surface area contributed by atoms with Crippen LogP contribution in [0.1, 0.15) is 10.7 Å². The standard InChI is InChI=1S/C9H7N3O4/c1-15-9(14)8-12-11-7(16-8)5-4-10-3-2-6(5)13/h2-4H,1H3,(H,10,13). The highest BCUT2D eigenvalue weighted by Gasteiger charge is 2.17. The van der Waals surface area contributed by atoms with Crippen molar-refractivity contribution >= 4 is 5.97 Å². The SMILES string of the molecule is COC(=O)c1nnc(-c2c[nH]ccc2=O)o1. The third-order valence-corrected chi connectivity index (χ3v) is 1.84. The zero-order valence-electron chi connectivity index (χ0n) is 8.26. The predicted octanol–water partition coefficient (Wildman–Crippen LogP) is 0.211. The number of aromatic amines is 1. The van der Waals surface area contributed by atoms with E-state index in [9.17, 15) is 9.59 Å². The van der Waals surface area contributed by atoms with E-state index in [4.69, 9.17) is 4.42 Å². The molecule has 0 aliphatic heterocycles. The first-order valence-electron chi connectivity index (χ1n) is 4.31. The third-order valence-electron chi connectivity index (χ3n) is 1.84. The van der Waals surface area contributed by atoms with Gasteiger partial charge in [-0.2, -0.15) is 0 Å². The van der Waals surface area contributed by atoms with Crippen LogP contribution in [-0.4, -0.2) is 28.3 Å². The Bertz CT molecular complexity index is 572. The molecule has 7 heteroatoms. The van der Waals surface area contributed by atoms with Gasteiger partial charge in [0.2, 0.25) is 0 Å². The van der Waals surface area contributed by atoms with Gasteiger partial charge in [0.25, 0.3) is 5.89 Å². The van der Waals surface area contributed by atoms with Crippen LogP contribution in [0.25, 0.3) is 11.5 Å². The van der Waals surface area contributed by atoms with Crippen molar-refractivity contribution in [3.05, 3.63) is 34.6 Å². The number of pyridine rings is 1. The lowest BCUT2D eigenvalue weighted by Gasteiger charge is -1.92. The number of H-pyrrole nitrogens is 1. The van der Waals surface area contributed by atoms with Crippen molar-refractivity contribution in [3.63, 3.8) is 0 Å². The molecule has 2 aromatic rings. The summed E-state index contributed by atoms with van der Waals surface area (Å²) < 4.78 is 9.38. The molecule has 0 saturated heterocycles. The first-order chi connectivity index (χ1) is 7.72. The second-order valence-corrected chi connectivity index (χ2v) is 2.83. The largest absolute Gasteiger partial charge is 0.462 e. The number of hydrogen-bond donors (Lipinski definition) is 1. The van der Waals surface area contributed by atoms with E-state index in [-0.39, 0.29) is 22.8 Å². The number of carbonyl (C=O) groups is 1. The normalized spacial score (nSPS) is 10.1. The van der Waals surface area contributed by atoms with Crippen LogP contribution in [0.3, 0.4) is 0 Å². The van der Waals surface area contributed by atoms with Crippen LogP contribution >= 0.6 is 0 Å². The molecule has 0 saturated carbocycles. The highest BCUT2D eigenvalue weighted by Crippen LogP contribution is 2.12. The first kappa shape index (κ1) is 10.1. The Labute approximate surface area is 89.1 Å². The van der Waals surface area contributed by atoms with Gasteiger partial charge in [0, 0.05) is 18.5 Å². The van der Waals surface area contributed by atoms with Gasteiger partial charge in [0.05, 0.1) is 7.11 Å². The van der Waals surface area contributed by atoms with E-state index < -0.39 is 5.97 Å². The molecule has 0 aromatic carbocycles. The molecular weight excluding hydrogens is 214 g/mol. The minimum atomic E-state index is -0.744. The molecule has 0 fully saturated rings. The van der Waals surface area contributed by atoms with Crippen molar-refractivity contribution in [1.29, 1.82) is 0 Å². The zero-order chi connectivity index (χ0) is 11.5. The van der Waals surface area contributed by atoms with Crippen LogP contribution in [0.2, 0.25) is 0 Å². The molecule has 1 N–H and O–H groups in total. The number of hydrogen-bond acceptors (Lipinski definition) is 6. The molecule has 16 heavy (non-hydrogen) atoms. The summed E-state index contributed by atoms with van der Waals surface area (Å²) in [5.41, 5.74) is -0.0797. The Hall–Kier alpha value is -2.44. The fourth-order valence-corrected chi connectivity index (χ4v) is 1.09. The molecule has 2 heterocycles. The fraction of sp³-hybridized carbons (Fsp3) is 0.111. The lowest BCUT2D eigenvalue weighted by atomic mass is 10.3. The topological polar surface area (TPSA) is 98.1 Å². The smallest absolute Gasteiger partial charge is 0.396 e. The van der Waals surface area contributed by atoms with Crippen LogP contribution in [0, 0.1) is 0 Å². The Kier molecular flexibility index (Phi) is 2.50. The minimum Gasteiger partial charge on any atom is -0.462 e. The number of ether oxygens (including phenoxy) is 1. The van der Waals surface area contributed by atoms with Crippen LogP contribution in [0.15, 0.2) is 27.7 Å². The Morgan fingerprint density at radius 2 is 2.31 bits per heavy atom. The third kappa shape index (κ3) is 1.70. The fourth-order valence-electron chi connectivity index (χ4n) is 1.09. The summed E-state index contributed by atoms with van der Waals surface area (Å²) >= 11 is 0. The van der Waals surface area contributed by atoms with Crippen molar-refractivity contribution in [2.45, 2.75) is 0 Å². The van der Waals surface area contributed by atoms with Gasteiger partial charge in [-0.15, -0.1) is 10.2 Å². The highest BCUT2D eigenvalue weighted by atomic mass is 16.5. The maximum atomic E-state index is 11.4. The van der Waals surface area contributed by atoms with Gasteiger partial charge in [-0.1, -0.05) is 0 Å². The maximum Gasteiger partial charge on any atom is 0.396 e. The van der Waals surface area contributed by atoms with Crippen LogP contribution in [-0.2, 0) is 4.74 Å². The number of esters is 1. The van der Waals surface area contributed by atoms with E-state index in [1.165, 1.54) is 25.6 Å². The van der Waals surface area contributed by atoms with Crippen LogP contribution in [0.4, 0.5) is 0 Å².